The van der Waals surface area contributed by atoms with Gasteiger partial charge in [0.05, 0.1) is 35.5 Å². The second kappa shape index (κ2) is 8.81. The Balaban J connectivity index is 1.52. The molecule has 7 nitrogen and oxygen atoms in total. The number of para-hydroxylation sites is 2. The summed E-state index contributed by atoms with van der Waals surface area (Å²) in [6.45, 7) is 7.56. The summed E-state index contributed by atoms with van der Waals surface area (Å²) in [7, 11) is 0. The molecule has 2 aliphatic heterocycles. The fourth-order valence-corrected chi connectivity index (χ4v) is 5.06. The van der Waals surface area contributed by atoms with E-state index in [1.807, 2.05) is 38.1 Å². The largest absolute Gasteiger partial charge is 0.376 e. The van der Waals surface area contributed by atoms with Gasteiger partial charge < -0.3 is 19.5 Å². The molecular weight excluding hydrogens is 400 g/mol. The van der Waals surface area contributed by atoms with Crippen LogP contribution in [0.2, 0.25) is 0 Å². The Labute approximate surface area is 181 Å². The number of amides is 2. The van der Waals surface area contributed by atoms with Gasteiger partial charge in [-0.3, -0.25) is 9.59 Å². The fraction of sp³-hybridized carbons (Fsp3) is 0.500. The molecule has 160 valence electrons. The second-order valence-corrected chi connectivity index (χ2v) is 8.92. The number of aryl methyl sites for hydroxylation is 1. The number of imidazole rings is 1. The first kappa shape index (κ1) is 20.9. The number of ether oxygens (including phenoxy) is 1. The van der Waals surface area contributed by atoms with E-state index in [2.05, 4.69) is 16.8 Å². The molecule has 2 amide bonds. The monoisotopic (exact) mass is 428 g/mol. The van der Waals surface area contributed by atoms with E-state index in [0.29, 0.717) is 5.69 Å². The Bertz CT molecular complexity index is 952. The lowest BCUT2D eigenvalue weighted by Crippen LogP contribution is -2.40. The zero-order chi connectivity index (χ0) is 21.3. The first-order valence-corrected chi connectivity index (χ1v) is 11.4. The molecule has 8 heteroatoms. The van der Waals surface area contributed by atoms with Gasteiger partial charge in [0.15, 0.2) is 5.16 Å². The summed E-state index contributed by atoms with van der Waals surface area (Å²) in [5, 5.41) is 3.75. The van der Waals surface area contributed by atoms with Crippen molar-refractivity contribution < 1.29 is 14.3 Å². The van der Waals surface area contributed by atoms with Gasteiger partial charge >= 0.3 is 0 Å². The third-order valence-electron chi connectivity index (χ3n) is 5.79. The Morgan fingerprint density at radius 1 is 1.33 bits per heavy atom. The molecule has 3 heterocycles. The fourth-order valence-electron chi connectivity index (χ4n) is 4.10. The molecule has 0 aliphatic carbocycles. The van der Waals surface area contributed by atoms with Crippen LogP contribution in [0.5, 0.6) is 0 Å². The summed E-state index contributed by atoms with van der Waals surface area (Å²) in [6.07, 6.45) is 2.64. The van der Waals surface area contributed by atoms with Gasteiger partial charge in [0.2, 0.25) is 11.8 Å². The Hall–Kier alpha value is -2.32. The first-order valence-electron chi connectivity index (χ1n) is 10.4. The van der Waals surface area contributed by atoms with E-state index in [4.69, 9.17) is 9.72 Å². The van der Waals surface area contributed by atoms with Gasteiger partial charge in [-0.2, -0.15) is 0 Å². The zero-order valence-corrected chi connectivity index (χ0v) is 18.5. The topological polar surface area (TPSA) is 76.5 Å². The van der Waals surface area contributed by atoms with E-state index in [1.54, 1.807) is 4.90 Å². The lowest BCUT2D eigenvalue weighted by Gasteiger charge is -2.27. The van der Waals surface area contributed by atoms with E-state index in [0.717, 1.165) is 48.2 Å². The van der Waals surface area contributed by atoms with Gasteiger partial charge in [-0.15, -0.1) is 0 Å². The normalized spacial score (nSPS) is 21.3. The highest BCUT2D eigenvalue weighted by molar-refractivity contribution is 7.99. The van der Waals surface area contributed by atoms with Crippen molar-refractivity contribution in [3.63, 3.8) is 0 Å². The molecule has 0 spiro atoms. The van der Waals surface area contributed by atoms with E-state index in [-0.39, 0.29) is 36.1 Å². The minimum absolute atomic E-state index is 0.0292. The highest BCUT2D eigenvalue weighted by atomic mass is 32.2. The number of carbonyl (C=O) groups is 2. The molecule has 1 aromatic carbocycles. The number of benzene rings is 1. The van der Waals surface area contributed by atoms with Gasteiger partial charge in [0, 0.05) is 24.8 Å². The molecule has 2 aromatic rings. The third kappa shape index (κ3) is 4.25. The summed E-state index contributed by atoms with van der Waals surface area (Å²) in [5.74, 6) is 0.156. The summed E-state index contributed by atoms with van der Waals surface area (Å²) < 4.78 is 7.98. The van der Waals surface area contributed by atoms with Crippen molar-refractivity contribution in [2.45, 2.75) is 63.9 Å². The number of nitrogens with one attached hydrogen (secondary N) is 1. The number of rotatable bonds is 5. The van der Waals surface area contributed by atoms with Crippen LogP contribution in [0.3, 0.4) is 0 Å². The van der Waals surface area contributed by atoms with Crippen LogP contribution in [-0.2, 0) is 20.9 Å². The van der Waals surface area contributed by atoms with Crippen LogP contribution in [-0.4, -0.2) is 45.9 Å². The van der Waals surface area contributed by atoms with Crippen LogP contribution in [0.4, 0.5) is 11.4 Å². The lowest BCUT2D eigenvalue weighted by molar-refractivity contribution is -0.117. The van der Waals surface area contributed by atoms with Crippen LogP contribution in [0, 0.1) is 13.8 Å². The van der Waals surface area contributed by atoms with Gasteiger partial charge in [-0.1, -0.05) is 23.9 Å². The minimum Gasteiger partial charge on any atom is -0.376 e. The molecule has 1 fully saturated rings. The number of thioether (sulfide) groups is 1. The number of nitrogens with zero attached hydrogens (tertiary/aromatic N) is 3. The van der Waals surface area contributed by atoms with Gasteiger partial charge in [-0.05, 0) is 45.7 Å². The number of anilines is 2. The van der Waals surface area contributed by atoms with Crippen LogP contribution < -0.4 is 10.2 Å². The van der Waals surface area contributed by atoms with Crippen LogP contribution in [0.1, 0.15) is 37.6 Å². The molecular formula is C22H28N4O3S. The van der Waals surface area contributed by atoms with Crippen molar-refractivity contribution >= 4 is 35.0 Å². The van der Waals surface area contributed by atoms with Gasteiger partial charge in [0.25, 0.3) is 0 Å². The molecule has 0 radical (unpaired) electrons. The molecule has 4 rings (SSSR count). The molecule has 1 N–H and O–H groups in total. The Kier molecular flexibility index (Phi) is 6.15. The smallest absolute Gasteiger partial charge is 0.237 e. The van der Waals surface area contributed by atoms with Crippen molar-refractivity contribution in [3.8, 4) is 0 Å². The molecule has 1 aromatic heterocycles. The average Bonchev–Trinajstić information content (AvgIpc) is 3.28. The van der Waals surface area contributed by atoms with Gasteiger partial charge in [-0.25, -0.2) is 4.98 Å². The summed E-state index contributed by atoms with van der Waals surface area (Å²) in [6, 6.07) is 7.25. The van der Waals surface area contributed by atoms with Gasteiger partial charge in [0.1, 0.15) is 0 Å². The molecule has 0 bridgehead atoms. The highest BCUT2D eigenvalue weighted by Gasteiger charge is 2.30. The highest BCUT2D eigenvalue weighted by Crippen LogP contribution is 2.32. The first-order chi connectivity index (χ1) is 14.4. The summed E-state index contributed by atoms with van der Waals surface area (Å²) >= 11 is 1.45. The number of hydrogen-bond donors (Lipinski definition) is 1. The Morgan fingerprint density at radius 2 is 2.13 bits per heavy atom. The third-order valence-corrected chi connectivity index (χ3v) is 6.75. The maximum absolute atomic E-state index is 13.3. The Morgan fingerprint density at radius 3 is 2.90 bits per heavy atom. The van der Waals surface area contributed by atoms with Crippen LogP contribution in [0.25, 0.3) is 0 Å². The minimum atomic E-state index is -0.211. The van der Waals surface area contributed by atoms with E-state index < -0.39 is 0 Å². The van der Waals surface area contributed by atoms with Crippen molar-refractivity contribution in [1.82, 2.24) is 9.55 Å². The van der Waals surface area contributed by atoms with Crippen molar-refractivity contribution in [2.24, 2.45) is 0 Å². The molecule has 2 atom stereocenters. The van der Waals surface area contributed by atoms with Crippen molar-refractivity contribution in [1.29, 1.82) is 0 Å². The number of hydrogen-bond acceptors (Lipinski definition) is 5. The average molecular weight is 429 g/mol. The van der Waals surface area contributed by atoms with Crippen molar-refractivity contribution in [2.75, 3.05) is 22.6 Å². The van der Waals surface area contributed by atoms with Crippen LogP contribution >= 0.6 is 11.8 Å². The molecule has 0 saturated carbocycles. The van der Waals surface area contributed by atoms with E-state index >= 15 is 0 Å². The van der Waals surface area contributed by atoms with Crippen LogP contribution in [0.15, 0.2) is 29.4 Å². The maximum atomic E-state index is 13.3. The standard InChI is InChI=1S/C22H28N4O3S/c1-14-11-20(27)24-18-8-4-5-9-19(18)26(14)21(28)13-30-22-23-15(2)16(3)25(22)12-17-7-6-10-29-17/h4-5,8-9,14,17H,6-7,10-13H2,1-3H3,(H,24,27)/t14-,17+/m0/s1. The molecule has 1 saturated heterocycles. The predicted molar refractivity (Wildman–Crippen MR) is 118 cm³/mol. The molecule has 0 unspecified atom stereocenters. The maximum Gasteiger partial charge on any atom is 0.237 e. The second-order valence-electron chi connectivity index (χ2n) is 7.98. The number of fused-ring (bicyclic) bond motifs is 1. The summed E-state index contributed by atoms with van der Waals surface area (Å²) in [4.78, 5) is 31.9. The number of aromatic nitrogens is 2. The SMILES string of the molecule is Cc1nc(SCC(=O)N2c3ccccc3NC(=O)C[C@@H]2C)n(C[C@H]2CCCO2)c1C. The van der Waals surface area contributed by atoms with E-state index in [9.17, 15) is 9.59 Å². The van der Waals surface area contributed by atoms with E-state index in [1.165, 1.54) is 11.8 Å². The number of carbonyl (C=O) groups excluding carboxylic acids is 2. The lowest BCUT2D eigenvalue weighted by atomic mass is 10.2. The summed E-state index contributed by atoms with van der Waals surface area (Å²) in [5.41, 5.74) is 3.52. The zero-order valence-electron chi connectivity index (χ0n) is 17.7. The molecule has 30 heavy (non-hydrogen) atoms. The molecule has 2 aliphatic rings. The predicted octanol–water partition coefficient (Wildman–Crippen LogP) is 3.53. The quantitative estimate of drug-likeness (QED) is 0.738. The van der Waals surface area contributed by atoms with Crippen molar-refractivity contribution in [3.05, 3.63) is 35.7 Å².